The fourth-order valence-electron chi connectivity index (χ4n) is 0.795. The Morgan fingerprint density at radius 2 is 2.00 bits per heavy atom. The molecule has 1 heteroatoms. The molecule has 0 bridgehead atoms. The summed E-state index contributed by atoms with van der Waals surface area (Å²) < 4.78 is 0. The van der Waals surface area contributed by atoms with Crippen LogP contribution < -0.4 is 0 Å². The average molecular weight is 137 g/mol. The molecule has 0 aromatic heterocycles. The summed E-state index contributed by atoms with van der Waals surface area (Å²) in [6.45, 7) is 8.28. The summed E-state index contributed by atoms with van der Waals surface area (Å²) in [7, 11) is 0. The minimum Gasteiger partial charge on any atom is -0.193 e. The lowest BCUT2D eigenvalue weighted by molar-refractivity contribution is 0.755. The van der Waals surface area contributed by atoms with Gasteiger partial charge in [-0.15, -0.1) is 0 Å². The Bertz CT molecular complexity index is 170. The molecular weight excluding hydrogens is 122 g/mol. The summed E-state index contributed by atoms with van der Waals surface area (Å²) >= 11 is 0. The van der Waals surface area contributed by atoms with E-state index < -0.39 is 0 Å². The third kappa shape index (κ3) is 2.23. The van der Waals surface area contributed by atoms with Crippen LogP contribution in [0.3, 0.4) is 0 Å². The minimum atomic E-state index is 0.509. The van der Waals surface area contributed by atoms with Crippen molar-refractivity contribution in [1.82, 2.24) is 0 Å². The van der Waals surface area contributed by atoms with Gasteiger partial charge in [-0.2, -0.15) is 5.26 Å². The molecule has 0 N–H and O–H groups in total. The summed E-state index contributed by atoms with van der Waals surface area (Å²) in [6, 6.07) is 2.21. The van der Waals surface area contributed by atoms with Gasteiger partial charge < -0.3 is 0 Å². The van der Waals surface area contributed by atoms with Gasteiger partial charge in [0.05, 0.1) is 6.07 Å². The summed E-state index contributed by atoms with van der Waals surface area (Å²) in [5, 5.41) is 8.64. The Balaban J connectivity index is 4.48. The highest BCUT2D eigenvalue weighted by Gasteiger charge is 2.02. The zero-order valence-electron chi connectivity index (χ0n) is 7.23. The van der Waals surface area contributed by atoms with Crippen molar-refractivity contribution in [3.05, 3.63) is 11.1 Å². The van der Waals surface area contributed by atoms with E-state index in [9.17, 15) is 0 Å². The van der Waals surface area contributed by atoms with Crippen molar-refractivity contribution in [3.63, 3.8) is 0 Å². The predicted molar refractivity (Wildman–Crippen MR) is 43.4 cm³/mol. The van der Waals surface area contributed by atoms with Gasteiger partial charge in [-0.1, -0.05) is 26.3 Å². The molecule has 0 rings (SSSR count). The molecule has 0 aliphatic carbocycles. The summed E-state index contributed by atoms with van der Waals surface area (Å²) in [4.78, 5) is 0. The van der Waals surface area contributed by atoms with E-state index in [4.69, 9.17) is 5.26 Å². The predicted octanol–water partition coefficient (Wildman–Crippen LogP) is 2.89. The SMILES string of the molecule is CCC(C#N)=C(C)C(C)C. The zero-order valence-corrected chi connectivity index (χ0v) is 7.23. The molecule has 56 valence electrons. The molecule has 10 heavy (non-hydrogen) atoms. The van der Waals surface area contributed by atoms with Crippen LogP contribution in [0.2, 0.25) is 0 Å². The lowest BCUT2D eigenvalue weighted by atomic mass is 9.98. The largest absolute Gasteiger partial charge is 0.193 e. The van der Waals surface area contributed by atoms with Crippen molar-refractivity contribution in [2.24, 2.45) is 5.92 Å². The number of rotatable bonds is 2. The van der Waals surface area contributed by atoms with Gasteiger partial charge in [0.1, 0.15) is 0 Å². The molecule has 0 aromatic rings. The molecule has 0 saturated carbocycles. The highest BCUT2D eigenvalue weighted by molar-refractivity contribution is 5.26. The molecule has 1 nitrogen and oxygen atoms in total. The molecule has 0 atom stereocenters. The maximum atomic E-state index is 8.64. The Kier molecular flexibility index (Phi) is 3.79. The fourth-order valence-corrected chi connectivity index (χ4v) is 0.795. The number of allylic oxidation sites excluding steroid dienone is 2. The number of nitriles is 1. The molecule has 0 heterocycles. The maximum Gasteiger partial charge on any atom is 0.0946 e. The van der Waals surface area contributed by atoms with Crippen molar-refractivity contribution in [1.29, 1.82) is 5.26 Å². The molecular formula is C9H15N. The molecule has 0 radical (unpaired) electrons. The van der Waals surface area contributed by atoms with E-state index in [1.54, 1.807) is 0 Å². The van der Waals surface area contributed by atoms with Crippen LogP contribution in [0.4, 0.5) is 0 Å². The van der Waals surface area contributed by atoms with Gasteiger partial charge in [0, 0.05) is 5.57 Å². The quantitative estimate of drug-likeness (QED) is 0.537. The second-order valence-corrected chi connectivity index (χ2v) is 2.78. The highest BCUT2D eigenvalue weighted by atomic mass is 14.2. The van der Waals surface area contributed by atoms with Gasteiger partial charge in [0.2, 0.25) is 0 Å². The highest BCUT2D eigenvalue weighted by Crippen LogP contribution is 2.15. The first kappa shape index (κ1) is 9.23. The van der Waals surface area contributed by atoms with Crippen molar-refractivity contribution >= 4 is 0 Å². The van der Waals surface area contributed by atoms with Crippen LogP contribution in [0.25, 0.3) is 0 Å². The Morgan fingerprint density at radius 1 is 1.50 bits per heavy atom. The van der Waals surface area contributed by atoms with Gasteiger partial charge >= 0.3 is 0 Å². The number of nitrogens with zero attached hydrogens (tertiary/aromatic N) is 1. The molecule has 0 saturated heterocycles. The van der Waals surface area contributed by atoms with E-state index >= 15 is 0 Å². The van der Waals surface area contributed by atoms with Crippen molar-refractivity contribution in [2.75, 3.05) is 0 Å². The number of hydrogen-bond acceptors (Lipinski definition) is 1. The molecule has 0 aliphatic heterocycles. The Hall–Kier alpha value is -0.770. The summed E-state index contributed by atoms with van der Waals surface area (Å²) in [5.74, 6) is 0.509. The van der Waals surface area contributed by atoms with E-state index in [0.717, 1.165) is 12.0 Å². The van der Waals surface area contributed by atoms with Gasteiger partial charge in [-0.25, -0.2) is 0 Å². The van der Waals surface area contributed by atoms with E-state index in [1.165, 1.54) is 5.57 Å². The summed E-state index contributed by atoms with van der Waals surface area (Å²) in [5.41, 5.74) is 2.17. The third-order valence-corrected chi connectivity index (χ3v) is 1.83. The standard InChI is InChI=1S/C9H15N/c1-5-9(6-10)8(4)7(2)3/h7H,5H2,1-4H3. The second-order valence-electron chi connectivity index (χ2n) is 2.78. The second kappa shape index (κ2) is 4.11. The molecule has 0 spiro atoms. The average Bonchev–Trinajstić information content (AvgIpc) is 1.90. The van der Waals surface area contributed by atoms with Gasteiger partial charge in [0.25, 0.3) is 0 Å². The lowest BCUT2D eigenvalue weighted by Crippen LogP contribution is -1.93. The lowest BCUT2D eigenvalue weighted by Gasteiger charge is -2.06. The van der Waals surface area contributed by atoms with Gasteiger partial charge in [0.15, 0.2) is 0 Å². The molecule has 0 fully saturated rings. The monoisotopic (exact) mass is 137 g/mol. The third-order valence-electron chi connectivity index (χ3n) is 1.83. The van der Waals surface area contributed by atoms with E-state index in [0.29, 0.717) is 5.92 Å². The van der Waals surface area contributed by atoms with Crippen molar-refractivity contribution in [2.45, 2.75) is 34.1 Å². The topological polar surface area (TPSA) is 23.8 Å². The van der Waals surface area contributed by atoms with Crippen LogP contribution in [0.1, 0.15) is 34.1 Å². The molecule has 0 aromatic carbocycles. The minimum absolute atomic E-state index is 0.509. The van der Waals surface area contributed by atoms with Crippen molar-refractivity contribution < 1.29 is 0 Å². The Labute approximate surface area is 63.4 Å². The van der Waals surface area contributed by atoms with Crippen LogP contribution in [0.5, 0.6) is 0 Å². The zero-order chi connectivity index (χ0) is 8.15. The fraction of sp³-hybridized carbons (Fsp3) is 0.667. The van der Waals surface area contributed by atoms with Crippen LogP contribution in [-0.4, -0.2) is 0 Å². The van der Waals surface area contributed by atoms with Gasteiger partial charge in [-0.3, -0.25) is 0 Å². The van der Waals surface area contributed by atoms with E-state index in [-0.39, 0.29) is 0 Å². The first-order chi connectivity index (χ1) is 4.63. The molecule has 0 unspecified atom stereocenters. The van der Waals surface area contributed by atoms with Crippen LogP contribution >= 0.6 is 0 Å². The first-order valence-electron chi connectivity index (χ1n) is 3.73. The Morgan fingerprint density at radius 3 is 2.10 bits per heavy atom. The smallest absolute Gasteiger partial charge is 0.0946 e. The summed E-state index contributed by atoms with van der Waals surface area (Å²) in [6.07, 6.45) is 0.862. The number of hydrogen-bond donors (Lipinski definition) is 0. The van der Waals surface area contributed by atoms with E-state index in [2.05, 4.69) is 19.9 Å². The van der Waals surface area contributed by atoms with Crippen LogP contribution in [0, 0.1) is 17.2 Å². The van der Waals surface area contributed by atoms with Crippen LogP contribution in [-0.2, 0) is 0 Å². The molecule has 0 aliphatic rings. The van der Waals surface area contributed by atoms with Gasteiger partial charge in [-0.05, 0) is 19.3 Å². The maximum absolute atomic E-state index is 8.64. The molecule has 0 amide bonds. The van der Waals surface area contributed by atoms with Crippen molar-refractivity contribution in [3.8, 4) is 6.07 Å². The normalized spacial score (nSPS) is 12.8. The van der Waals surface area contributed by atoms with E-state index in [1.807, 2.05) is 13.8 Å². The van der Waals surface area contributed by atoms with Crippen LogP contribution in [0.15, 0.2) is 11.1 Å². The first-order valence-corrected chi connectivity index (χ1v) is 3.73.